The molecule has 3 fully saturated rings. The Balaban J connectivity index is 1.65. The molecule has 2 nitrogen and oxygen atoms in total. The maximum absolute atomic E-state index is 11.2. The second-order valence-corrected chi connectivity index (χ2v) is 6.60. The van der Waals surface area contributed by atoms with Gasteiger partial charge in [-0.05, 0) is 48.3 Å². The molecular formula is C15H20O2. The monoisotopic (exact) mass is 232 g/mol. The summed E-state index contributed by atoms with van der Waals surface area (Å²) in [5.74, 6) is 5.35. The summed E-state index contributed by atoms with van der Waals surface area (Å²) in [5.41, 5.74) is 0. The molecule has 0 aromatic carbocycles. The van der Waals surface area contributed by atoms with E-state index in [0.29, 0.717) is 11.8 Å². The summed E-state index contributed by atoms with van der Waals surface area (Å²) >= 11 is 0. The summed E-state index contributed by atoms with van der Waals surface area (Å²) in [6.45, 7) is 3.85. The van der Waals surface area contributed by atoms with Crippen LogP contribution in [-0.4, -0.2) is 12.1 Å². The summed E-state index contributed by atoms with van der Waals surface area (Å²) in [5, 5.41) is 0. The molecule has 92 valence electrons. The van der Waals surface area contributed by atoms with Gasteiger partial charge in [0, 0.05) is 12.8 Å². The van der Waals surface area contributed by atoms with Crippen molar-refractivity contribution in [2.75, 3.05) is 0 Å². The highest BCUT2D eigenvalue weighted by Gasteiger charge is 2.64. The molecule has 4 bridgehead atoms. The van der Waals surface area contributed by atoms with Crippen molar-refractivity contribution < 1.29 is 9.53 Å². The fraction of sp³-hybridized carbons (Fsp3) is 0.800. The fourth-order valence-electron chi connectivity index (χ4n) is 5.67. The van der Waals surface area contributed by atoms with Crippen LogP contribution in [0.3, 0.4) is 0 Å². The highest BCUT2D eigenvalue weighted by atomic mass is 16.5. The van der Waals surface area contributed by atoms with Crippen molar-refractivity contribution >= 4 is 5.97 Å². The summed E-state index contributed by atoms with van der Waals surface area (Å²) < 4.78 is 5.61. The Morgan fingerprint density at radius 3 is 2.41 bits per heavy atom. The fourth-order valence-corrected chi connectivity index (χ4v) is 5.67. The number of esters is 1. The van der Waals surface area contributed by atoms with E-state index in [1.165, 1.54) is 12.8 Å². The Morgan fingerprint density at radius 2 is 1.76 bits per heavy atom. The first-order valence-electron chi connectivity index (χ1n) is 7.02. The van der Waals surface area contributed by atoms with Gasteiger partial charge in [-0.25, -0.2) is 0 Å². The Morgan fingerprint density at radius 1 is 1.12 bits per heavy atom. The molecule has 0 aromatic heterocycles. The lowest BCUT2D eigenvalue weighted by molar-refractivity contribution is -0.154. The third-order valence-corrected chi connectivity index (χ3v) is 6.03. The Hall–Kier alpha value is -0.790. The predicted molar refractivity (Wildman–Crippen MR) is 64.0 cm³/mol. The van der Waals surface area contributed by atoms with Gasteiger partial charge in [0.1, 0.15) is 6.10 Å². The molecule has 4 aliphatic carbocycles. The van der Waals surface area contributed by atoms with E-state index in [4.69, 9.17) is 4.74 Å². The quantitative estimate of drug-likeness (QED) is 0.395. The van der Waals surface area contributed by atoms with Crippen LogP contribution in [0.2, 0.25) is 0 Å². The van der Waals surface area contributed by atoms with Crippen molar-refractivity contribution in [3.8, 4) is 0 Å². The highest BCUT2D eigenvalue weighted by Crippen LogP contribution is 2.67. The van der Waals surface area contributed by atoms with Gasteiger partial charge in [0.25, 0.3) is 0 Å². The van der Waals surface area contributed by atoms with Crippen molar-refractivity contribution in [1.29, 1.82) is 0 Å². The molecule has 4 aliphatic rings. The van der Waals surface area contributed by atoms with Gasteiger partial charge in [0.05, 0.1) is 0 Å². The molecule has 0 amide bonds. The summed E-state index contributed by atoms with van der Waals surface area (Å²) in [6, 6.07) is 0. The smallest absolute Gasteiger partial charge is 0.302 e. The maximum atomic E-state index is 11.2. The molecule has 4 rings (SSSR count). The Kier molecular flexibility index (Phi) is 1.88. The summed E-state index contributed by atoms with van der Waals surface area (Å²) in [6.07, 6.45) is 7.79. The number of rotatable bonds is 1. The molecule has 17 heavy (non-hydrogen) atoms. The molecule has 0 aliphatic heterocycles. The molecule has 0 aromatic rings. The van der Waals surface area contributed by atoms with Crippen molar-refractivity contribution in [1.82, 2.24) is 0 Å². The van der Waals surface area contributed by atoms with Gasteiger partial charge in [0.2, 0.25) is 0 Å². The van der Waals surface area contributed by atoms with E-state index in [1.807, 2.05) is 0 Å². The van der Waals surface area contributed by atoms with E-state index in [0.717, 1.165) is 29.6 Å². The van der Waals surface area contributed by atoms with Crippen LogP contribution in [0.1, 0.15) is 26.7 Å². The second-order valence-electron chi connectivity index (χ2n) is 6.60. The first-order chi connectivity index (χ1) is 8.16. The third-order valence-electron chi connectivity index (χ3n) is 6.03. The van der Waals surface area contributed by atoms with Crippen molar-refractivity contribution in [2.24, 2.45) is 41.4 Å². The maximum Gasteiger partial charge on any atom is 0.302 e. The minimum atomic E-state index is -0.0929. The minimum absolute atomic E-state index is 0.0929. The molecule has 0 saturated heterocycles. The van der Waals surface area contributed by atoms with Crippen LogP contribution in [0.4, 0.5) is 0 Å². The number of ether oxygens (including phenoxy) is 1. The number of carbonyl (C=O) groups is 1. The zero-order chi connectivity index (χ0) is 11.7. The molecule has 2 heteroatoms. The van der Waals surface area contributed by atoms with Gasteiger partial charge in [-0.1, -0.05) is 19.1 Å². The molecule has 8 unspecified atom stereocenters. The van der Waals surface area contributed by atoms with Gasteiger partial charge in [0.15, 0.2) is 0 Å². The van der Waals surface area contributed by atoms with Crippen LogP contribution in [0.25, 0.3) is 0 Å². The van der Waals surface area contributed by atoms with Crippen LogP contribution in [0, 0.1) is 41.4 Å². The van der Waals surface area contributed by atoms with Crippen LogP contribution >= 0.6 is 0 Å². The standard InChI is InChI=1S/C15H20O2/c1-7-11-6-12(15(7)17-8(2)16)14-10-4-3-9(5-10)13(11)14/h3-4,7,9-15H,5-6H2,1-2H3. The lowest BCUT2D eigenvalue weighted by atomic mass is 9.68. The van der Waals surface area contributed by atoms with Crippen LogP contribution in [0.5, 0.6) is 0 Å². The zero-order valence-corrected chi connectivity index (χ0v) is 10.5. The topological polar surface area (TPSA) is 26.3 Å². The minimum Gasteiger partial charge on any atom is -0.462 e. The van der Waals surface area contributed by atoms with E-state index >= 15 is 0 Å². The van der Waals surface area contributed by atoms with E-state index in [1.54, 1.807) is 6.92 Å². The number of carbonyl (C=O) groups excluding carboxylic acids is 1. The van der Waals surface area contributed by atoms with Gasteiger partial charge < -0.3 is 4.74 Å². The molecule has 0 heterocycles. The summed E-state index contributed by atoms with van der Waals surface area (Å²) in [7, 11) is 0. The molecule has 0 radical (unpaired) electrons. The Bertz CT molecular complexity index is 400. The normalized spacial score (nSPS) is 57.5. The molecule has 0 N–H and O–H groups in total. The molecule has 8 atom stereocenters. The van der Waals surface area contributed by atoms with E-state index in [-0.39, 0.29) is 12.1 Å². The molecule has 3 saturated carbocycles. The largest absolute Gasteiger partial charge is 0.462 e. The van der Waals surface area contributed by atoms with E-state index in [9.17, 15) is 4.79 Å². The second kappa shape index (κ2) is 3.15. The van der Waals surface area contributed by atoms with E-state index in [2.05, 4.69) is 19.1 Å². The average molecular weight is 232 g/mol. The van der Waals surface area contributed by atoms with Gasteiger partial charge >= 0.3 is 5.97 Å². The number of hydrogen-bond acceptors (Lipinski definition) is 2. The number of hydrogen-bond donors (Lipinski definition) is 0. The molecular weight excluding hydrogens is 212 g/mol. The van der Waals surface area contributed by atoms with Gasteiger partial charge in [-0.3, -0.25) is 4.79 Å². The first kappa shape index (κ1) is 10.2. The third kappa shape index (κ3) is 1.14. The lowest BCUT2D eigenvalue weighted by Gasteiger charge is -2.39. The number of fused-ring (bicyclic) bond motifs is 9. The summed E-state index contributed by atoms with van der Waals surface area (Å²) in [4.78, 5) is 11.2. The van der Waals surface area contributed by atoms with Crippen LogP contribution in [-0.2, 0) is 9.53 Å². The zero-order valence-electron chi connectivity index (χ0n) is 10.5. The van der Waals surface area contributed by atoms with Gasteiger partial charge in [-0.15, -0.1) is 0 Å². The lowest BCUT2D eigenvalue weighted by Crippen LogP contribution is -2.41. The van der Waals surface area contributed by atoms with Gasteiger partial charge in [-0.2, -0.15) is 0 Å². The first-order valence-corrected chi connectivity index (χ1v) is 7.02. The van der Waals surface area contributed by atoms with Crippen LogP contribution < -0.4 is 0 Å². The van der Waals surface area contributed by atoms with Crippen LogP contribution in [0.15, 0.2) is 12.2 Å². The SMILES string of the molecule is CC(=O)OC1C(C)C2CC1C1C3C=CC(C3)C21. The molecule has 0 spiro atoms. The highest BCUT2D eigenvalue weighted by molar-refractivity contribution is 5.66. The van der Waals surface area contributed by atoms with E-state index < -0.39 is 0 Å². The Labute approximate surface area is 102 Å². The average Bonchev–Trinajstić information content (AvgIpc) is 2.97. The predicted octanol–water partition coefficient (Wildman–Crippen LogP) is 2.64. The number of allylic oxidation sites excluding steroid dienone is 2. The van der Waals surface area contributed by atoms with Crippen molar-refractivity contribution in [3.05, 3.63) is 12.2 Å². The van der Waals surface area contributed by atoms with Crippen molar-refractivity contribution in [3.63, 3.8) is 0 Å². The van der Waals surface area contributed by atoms with Crippen molar-refractivity contribution in [2.45, 2.75) is 32.8 Å².